The van der Waals surface area contributed by atoms with E-state index in [1.807, 2.05) is 0 Å². The number of fused-ring (bicyclic) bond motifs is 2. The highest BCUT2D eigenvalue weighted by atomic mass is 32.1. The van der Waals surface area contributed by atoms with Gasteiger partial charge in [-0.15, -0.1) is 11.3 Å². The van der Waals surface area contributed by atoms with Gasteiger partial charge in [0.1, 0.15) is 6.04 Å². The number of amides is 1. The van der Waals surface area contributed by atoms with E-state index in [2.05, 4.69) is 44.8 Å². The Bertz CT molecular complexity index is 1120. The number of piperidine rings is 1. The third kappa shape index (κ3) is 2.87. The van der Waals surface area contributed by atoms with Gasteiger partial charge >= 0.3 is 0 Å². The first-order valence-corrected chi connectivity index (χ1v) is 11.0. The number of nitrogens with one attached hydrogen (secondary N) is 3. The second-order valence-electron chi connectivity index (χ2n) is 8.42. The molecule has 1 aliphatic heterocycles. The van der Waals surface area contributed by atoms with Gasteiger partial charge < -0.3 is 15.5 Å². The molecular weight excluding hydrogens is 386 g/mol. The quantitative estimate of drug-likeness (QED) is 0.599. The average molecular weight is 410 g/mol. The van der Waals surface area contributed by atoms with Crippen molar-refractivity contribution >= 4 is 45.0 Å². The Morgan fingerprint density at radius 3 is 2.97 bits per heavy atom. The number of thiophene rings is 1. The van der Waals surface area contributed by atoms with Crippen molar-refractivity contribution in [1.82, 2.24) is 25.5 Å². The zero-order chi connectivity index (χ0) is 19.7. The Balaban J connectivity index is 1.39. The van der Waals surface area contributed by atoms with Gasteiger partial charge in [0, 0.05) is 36.1 Å². The predicted octanol–water partition coefficient (Wildman–Crippen LogP) is 2.91. The van der Waals surface area contributed by atoms with Crippen LogP contribution in [-0.2, 0) is 4.79 Å². The molecule has 1 amide bonds. The fraction of sp³-hybridized carbons (Fsp3) is 0.500. The second-order valence-corrected chi connectivity index (χ2v) is 9.68. The first-order chi connectivity index (χ1) is 14.1. The summed E-state index contributed by atoms with van der Waals surface area (Å²) in [4.78, 5) is 25.5. The normalized spacial score (nSPS) is 25.3. The van der Waals surface area contributed by atoms with E-state index < -0.39 is 0 Å². The first-order valence-electron chi connectivity index (χ1n) is 10.2. The van der Waals surface area contributed by atoms with E-state index in [1.54, 1.807) is 18.4 Å². The average Bonchev–Trinajstić information content (AvgIpc) is 3.58. The molecular formula is C20H23N7OS. The molecule has 3 fully saturated rings. The molecule has 0 unspecified atom stereocenters. The van der Waals surface area contributed by atoms with Gasteiger partial charge in [-0.1, -0.05) is 0 Å². The van der Waals surface area contributed by atoms with Crippen molar-refractivity contribution in [1.29, 1.82) is 0 Å². The van der Waals surface area contributed by atoms with Gasteiger partial charge in [0.05, 0.1) is 10.2 Å². The lowest BCUT2D eigenvalue weighted by Crippen LogP contribution is -2.45. The van der Waals surface area contributed by atoms with Crippen LogP contribution in [0.25, 0.3) is 10.2 Å². The Kier molecular flexibility index (Phi) is 3.65. The molecule has 2 aliphatic carbocycles. The molecule has 3 aliphatic rings. The molecule has 3 aromatic heterocycles. The molecule has 9 heteroatoms. The van der Waals surface area contributed by atoms with E-state index in [9.17, 15) is 4.79 Å². The minimum Gasteiger partial charge on any atom is -0.357 e. The van der Waals surface area contributed by atoms with Gasteiger partial charge in [0.25, 0.3) is 0 Å². The topological polar surface area (TPSA) is 98.8 Å². The highest BCUT2D eigenvalue weighted by molar-refractivity contribution is 7.19. The SMILES string of the molecule is CNC(=O)[C@@H]1[C@H]2C[C@H]2CN1c1nc(Nc2cc(C3CC3)[nH]n2)c2sc(C)cc2n1. The van der Waals surface area contributed by atoms with Crippen molar-refractivity contribution in [3.8, 4) is 0 Å². The largest absolute Gasteiger partial charge is 0.357 e. The number of hydrogen-bond acceptors (Lipinski definition) is 7. The summed E-state index contributed by atoms with van der Waals surface area (Å²) in [6.07, 6.45) is 3.58. The van der Waals surface area contributed by atoms with Gasteiger partial charge in [-0.05, 0) is 44.1 Å². The van der Waals surface area contributed by atoms with Crippen LogP contribution < -0.4 is 15.5 Å². The molecule has 0 spiro atoms. The molecule has 6 rings (SSSR count). The molecule has 4 heterocycles. The standard InChI is InChI=1S/C20H23N7OS/c1-9-5-14-17(29-9)18(23-15-7-13(25-26-15)10-3-4-10)24-20(22-14)27-8-11-6-12(11)16(27)19(28)21-2/h5,7,10-12,16H,3-4,6,8H2,1-2H3,(H,21,28)(H2,22,23,24,25,26)/t11-,12-,16-/m0/s1. The summed E-state index contributed by atoms with van der Waals surface area (Å²) in [6, 6.07) is 3.98. The fourth-order valence-electron chi connectivity index (χ4n) is 4.53. The molecule has 150 valence electrons. The molecule has 29 heavy (non-hydrogen) atoms. The summed E-state index contributed by atoms with van der Waals surface area (Å²) in [7, 11) is 1.70. The maximum atomic E-state index is 12.5. The van der Waals surface area contributed by atoms with Crippen LogP contribution in [0.3, 0.4) is 0 Å². The van der Waals surface area contributed by atoms with Crippen molar-refractivity contribution in [3.05, 3.63) is 22.7 Å². The van der Waals surface area contributed by atoms with Crippen molar-refractivity contribution in [3.63, 3.8) is 0 Å². The molecule has 8 nitrogen and oxygen atoms in total. The number of rotatable bonds is 5. The molecule has 3 aromatic rings. The Hall–Kier alpha value is -2.68. The van der Waals surface area contributed by atoms with Crippen molar-refractivity contribution in [2.75, 3.05) is 23.8 Å². The maximum Gasteiger partial charge on any atom is 0.242 e. The first kappa shape index (κ1) is 17.2. The van der Waals surface area contributed by atoms with E-state index in [4.69, 9.17) is 9.97 Å². The van der Waals surface area contributed by atoms with Crippen LogP contribution in [0.2, 0.25) is 0 Å². The molecule has 0 aromatic carbocycles. The van der Waals surface area contributed by atoms with Crippen molar-refractivity contribution < 1.29 is 4.79 Å². The number of H-pyrrole nitrogens is 1. The number of likely N-dealkylation sites (N-methyl/N-ethyl adjacent to an activating group) is 1. The zero-order valence-electron chi connectivity index (χ0n) is 16.4. The van der Waals surface area contributed by atoms with Crippen LogP contribution in [0.4, 0.5) is 17.6 Å². The van der Waals surface area contributed by atoms with Crippen molar-refractivity contribution in [2.45, 2.75) is 38.1 Å². The number of carbonyl (C=O) groups excluding carboxylic acids is 1. The monoisotopic (exact) mass is 409 g/mol. The number of nitrogens with zero attached hydrogens (tertiary/aromatic N) is 4. The zero-order valence-corrected chi connectivity index (χ0v) is 17.2. The number of hydrogen-bond donors (Lipinski definition) is 3. The van der Waals surface area contributed by atoms with Crippen LogP contribution in [0.5, 0.6) is 0 Å². The van der Waals surface area contributed by atoms with Crippen LogP contribution in [0.1, 0.15) is 35.8 Å². The number of aromatic amines is 1. The predicted molar refractivity (Wildman–Crippen MR) is 113 cm³/mol. The molecule has 3 atom stereocenters. The Morgan fingerprint density at radius 1 is 1.31 bits per heavy atom. The van der Waals surface area contributed by atoms with Crippen LogP contribution in [-0.4, -0.2) is 45.7 Å². The molecule has 3 N–H and O–H groups in total. The van der Waals surface area contributed by atoms with Gasteiger partial charge in [-0.3, -0.25) is 9.89 Å². The summed E-state index contributed by atoms with van der Waals surface area (Å²) >= 11 is 1.67. The Labute approximate surface area is 172 Å². The van der Waals surface area contributed by atoms with E-state index in [0.29, 0.717) is 23.7 Å². The van der Waals surface area contributed by atoms with Gasteiger partial charge in [0.2, 0.25) is 11.9 Å². The number of aromatic nitrogens is 4. The van der Waals surface area contributed by atoms with Crippen LogP contribution in [0, 0.1) is 18.8 Å². The van der Waals surface area contributed by atoms with Crippen LogP contribution >= 0.6 is 11.3 Å². The minimum absolute atomic E-state index is 0.0519. The van der Waals surface area contributed by atoms with E-state index in [1.165, 1.54) is 23.4 Å². The lowest BCUT2D eigenvalue weighted by atomic mass is 10.2. The Morgan fingerprint density at radius 2 is 2.17 bits per heavy atom. The maximum absolute atomic E-state index is 12.5. The highest BCUT2D eigenvalue weighted by Crippen LogP contribution is 2.50. The minimum atomic E-state index is -0.179. The summed E-state index contributed by atoms with van der Waals surface area (Å²) < 4.78 is 1.02. The smallest absolute Gasteiger partial charge is 0.242 e. The number of anilines is 3. The highest BCUT2D eigenvalue weighted by Gasteiger charge is 2.56. The summed E-state index contributed by atoms with van der Waals surface area (Å²) in [5.41, 5.74) is 2.09. The molecule has 0 bridgehead atoms. The van der Waals surface area contributed by atoms with Gasteiger partial charge in [-0.2, -0.15) is 10.1 Å². The lowest BCUT2D eigenvalue weighted by Gasteiger charge is -2.26. The number of aryl methyl sites for hydroxylation is 1. The summed E-state index contributed by atoms with van der Waals surface area (Å²) in [5, 5.41) is 13.8. The third-order valence-corrected chi connectivity index (χ3v) is 7.31. The number of carbonyl (C=O) groups is 1. The van der Waals surface area contributed by atoms with E-state index in [-0.39, 0.29) is 11.9 Å². The van der Waals surface area contributed by atoms with Crippen LogP contribution in [0.15, 0.2) is 12.1 Å². The van der Waals surface area contributed by atoms with E-state index in [0.717, 1.165) is 34.8 Å². The van der Waals surface area contributed by atoms with Gasteiger partial charge in [0.15, 0.2) is 11.6 Å². The summed E-state index contributed by atoms with van der Waals surface area (Å²) in [6.45, 7) is 2.92. The molecule has 2 saturated carbocycles. The third-order valence-electron chi connectivity index (χ3n) is 6.27. The second kappa shape index (κ2) is 6.16. The van der Waals surface area contributed by atoms with Crippen molar-refractivity contribution in [2.24, 2.45) is 11.8 Å². The summed E-state index contributed by atoms with van der Waals surface area (Å²) in [5.74, 6) is 3.82. The fourth-order valence-corrected chi connectivity index (χ4v) is 5.43. The van der Waals surface area contributed by atoms with Gasteiger partial charge in [-0.25, -0.2) is 4.98 Å². The van der Waals surface area contributed by atoms with E-state index >= 15 is 0 Å². The lowest BCUT2D eigenvalue weighted by molar-refractivity contribution is -0.122. The molecule has 0 radical (unpaired) electrons. The molecule has 1 saturated heterocycles.